The summed E-state index contributed by atoms with van der Waals surface area (Å²) in [5.41, 5.74) is 3.65. The van der Waals surface area contributed by atoms with E-state index in [2.05, 4.69) is 97.1 Å². The molecule has 0 amide bonds. The highest BCUT2D eigenvalue weighted by Gasteiger charge is 2.19. The van der Waals surface area contributed by atoms with Crippen molar-refractivity contribution < 1.29 is 8.83 Å². The Labute approximate surface area is 182 Å². The highest BCUT2D eigenvalue weighted by molar-refractivity contribution is 6.36. The largest absolute Gasteiger partial charge is 0.456 e. The Morgan fingerprint density at radius 1 is 0.312 bits per heavy atom. The predicted octanol–water partition coefficient (Wildman–Crippen LogP) is 8.94. The molecule has 32 heavy (non-hydrogen) atoms. The first-order chi connectivity index (χ1) is 15.9. The number of fused-ring (bicyclic) bond motifs is 13. The first kappa shape index (κ1) is 16.4. The lowest BCUT2D eigenvalue weighted by Gasteiger charge is -2.05. The third-order valence-corrected chi connectivity index (χ3v) is 6.83. The van der Waals surface area contributed by atoms with Crippen LogP contribution in [0.4, 0.5) is 0 Å². The van der Waals surface area contributed by atoms with Crippen molar-refractivity contribution >= 4 is 76.2 Å². The van der Waals surface area contributed by atoms with Crippen LogP contribution in [0.3, 0.4) is 0 Å². The molecule has 2 aromatic heterocycles. The Morgan fingerprint density at radius 3 is 1.22 bits per heavy atom. The minimum atomic E-state index is 0.908. The van der Waals surface area contributed by atoms with Crippen LogP contribution < -0.4 is 0 Å². The van der Waals surface area contributed by atoms with Gasteiger partial charge in [0.15, 0.2) is 0 Å². The summed E-state index contributed by atoms with van der Waals surface area (Å²) in [5.74, 6) is 0. The smallest absolute Gasteiger partial charge is 0.136 e. The van der Waals surface area contributed by atoms with Crippen LogP contribution in [0.5, 0.6) is 0 Å². The fourth-order valence-electron chi connectivity index (χ4n) is 5.47. The molecule has 0 aliphatic rings. The van der Waals surface area contributed by atoms with Gasteiger partial charge in [0.1, 0.15) is 22.3 Å². The lowest BCUT2D eigenvalue weighted by Crippen LogP contribution is -1.80. The summed E-state index contributed by atoms with van der Waals surface area (Å²) < 4.78 is 12.7. The molecule has 6 aromatic carbocycles. The van der Waals surface area contributed by atoms with Crippen LogP contribution in [0.25, 0.3) is 76.2 Å². The van der Waals surface area contributed by atoms with Gasteiger partial charge in [-0.3, -0.25) is 0 Å². The molecule has 0 bridgehead atoms. The van der Waals surface area contributed by atoms with Crippen molar-refractivity contribution in [3.8, 4) is 0 Å². The molecule has 0 atom stereocenters. The number of rotatable bonds is 0. The van der Waals surface area contributed by atoms with Crippen LogP contribution in [0.15, 0.2) is 106 Å². The minimum Gasteiger partial charge on any atom is -0.456 e. The zero-order valence-corrected chi connectivity index (χ0v) is 17.1. The molecule has 0 aliphatic carbocycles. The van der Waals surface area contributed by atoms with Crippen LogP contribution in [0.1, 0.15) is 0 Å². The van der Waals surface area contributed by atoms with Gasteiger partial charge in [-0.25, -0.2) is 0 Å². The standard InChI is InChI=1S/C30H16O2/c1-3-7-20-17(5-1)9-13-22-27(20)29-24(31-22)15-11-19-12-16-25-30(26(19)29)28-21-8-4-2-6-18(21)10-14-23(28)32-25/h1-16H. The first-order valence-electron chi connectivity index (χ1n) is 10.9. The minimum absolute atomic E-state index is 0.908. The molecule has 0 fully saturated rings. The molecule has 8 aromatic rings. The second-order valence-electron chi connectivity index (χ2n) is 8.50. The third kappa shape index (κ3) is 1.95. The lowest BCUT2D eigenvalue weighted by molar-refractivity contribution is 0.669. The van der Waals surface area contributed by atoms with Crippen molar-refractivity contribution in [2.24, 2.45) is 0 Å². The van der Waals surface area contributed by atoms with Gasteiger partial charge in [0.25, 0.3) is 0 Å². The molecular weight excluding hydrogens is 392 g/mol. The normalized spacial score (nSPS) is 12.4. The van der Waals surface area contributed by atoms with Gasteiger partial charge in [0.05, 0.1) is 0 Å². The Kier molecular flexibility index (Phi) is 2.91. The fraction of sp³-hybridized carbons (Fsp3) is 0. The molecule has 0 N–H and O–H groups in total. The van der Waals surface area contributed by atoms with Crippen LogP contribution in [0, 0.1) is 0 Å². The highest BCUT2D eigenvalue weighted by Crippen LogP contribution is 2.45. The molecule has 2 heterocycles. The number of hydrogen-bond acceptors (Lipinski definition) is 2. The topological polar surface area (TPSA) is 26.3 Å². The van der Waals surface area contributed by atoms with Gasteiger partial charge in [-0.15, -0.1) is 0 Å². The zero-order chi connectivity index (χ0) is 20.8. The molecular formula is C30H16O2. The Morgan fingerprint density at radius 2 is 0.719 bits per heavy atom. The van der Waals surface area contributed by atoms with E-state index in [4.69, 9.17) is 8.83 Å². The van der Waals surface area contributed by atoms with E-state index in [0.717, 1.165) is 33.1 Å². The molecule has 0 unspecified atom stereocenters. The van der Waals surface area contributed by atoms with E-state index >= 15 is 0 Å². The van der Waals surface area contributed by atoms with Crippen molar-refractivity contribution in [3.05, 3.63) is 97.1 Å². The van der Waals surface area contributed by atoms with Crippen LogP contribution >= 0.6 is 0 Å². The Bertz CT molecular complexity index is 1890. The Balaban J connectivity index is 1.75. The molecule has 2 heteroatoms. The van der Waals surface area contributed by atoms with E-state index in [1.54, 1.807) is 0 Å². The van der Waals surface area contributed by atoms with Crippen molar-refractivity contribution in [2.45, 2.75) is 0 Å². The average Bonchev–Trinajstić information content (AvgIpc) is 3.42. The van der Waals surface area contributed by atoms with Crippen molar-refractivity contribution in [1.29, 1.82) is 0 Å². The third-order valence-electron chi connectivity index (χ3n) is 6.83. The maximum absolute atomic E-state index is 6.36. The van der Waals surface area contributed by atoms with Crippen molar-refractivity contribution in [2.75, 3.05) is 0 Å². The summed E-state index contributed by atoms with van der Waals surface area (Å²) >= 11 is 0. The van der Waals surface area contributed by atoms with Gasteiger partial charge in [-0.1, -0.05) is 72.8 Å². The summed E-state index contributed by atoms with van der Waals surface area (Å²) in [6, 6.07) is 34.0. The van der Waals surface area contributed by atoms with Crippen molar-refractivity contribution in [3.63, 3.8) is 0 Å². The SMILES string of the molecule is c1ccc2c(c1)ccc1oc3ccc4ccc5oc6ccc7ccccc7c6c5c4c3c12. The van der Waals surface area contributed by atoms with E-state index in [1.165, 1.54) is 43.1 Å². The molecule has 0 spiro atoms. The van der Waals surface area contributed by atoms with Crippen LogP contribution in [-0.4, -0.2) is 0 Å². The van der Waals surface area contributed by atoms with E-state index < -0.39 is 0 Å². The maximum Gasteiger partial charge on any atom is 0.136 e. The second kappa shape index (κ2) is 5.68. The summed E-state index contributed by atoms with van der Waals surface area (Å²) in [4.78, 5) is 0. The van der Waals surface area contributed by atoms with E-state index in [9.17, 15) is 0 Å². The van der Waals surface area contributed by atoms with Gasteiger partial charge < -0.3 is 8.83 Å². The van der Waals surface area contributed by atoms with E-state index in [1.807, 2.05) is 0 Å². The van der Waals surface area contributed by atoms with Gasteiger partial charge in [-0.2, -0.15) is 0 Å². The summed E-state index contributed by atoms with van der Waals surface area (Å²) in [6.45, 7) is 0. The fourth-order valence-corrected chi connectivity index (χ4v) is 5.47. The molecule has 148 valence electrons. The number of benzene rings is 6. The van der Waals surface area contributed by atoms with Crippen molar-refractivity contribution in [1.82, 2.24) is 0 Å². The molecule has 2 nitrogen and oxygen atoms in total. The summed E-state index contributed by atoms with van der Waals surface area (Å²) in [6.07, 6.45) is 0. The molecule has 0 saturated heterocycles. The average molecular weight is 408 g/mol. The monoisotopic (exact) mass is 408 g/mol. The molecule has 0 radical (unpaired) electrons. The quantitative estimate of drug-likeness (QED) is 0.250. The molecule has 0 aliphatic heterocycles. The van der Waals surface area contributed by atoms with Gasteiger partial charge in [0, 0.05) is 26.9 Å². The van der Waals surface area contributed by atoms with Crippen LogP contribution in [0.2, 0.25) is 0 Å². The van der Waals surface area contributed by atoms with Crippen LogP contribution in [-0.2, 0) is 0 Å². The zero-order valence-electron chi connectivity index (χ0n) is 17.1. The second-order valence-corrected chi connectivity index (χ2v) is 8.50. The number of hydrogen-bond donors (Lipinski definition) is 0. The summed E-state index contributed by atoms with van der Waals surface area (Å²) in [5, 5.41) is 11.9. The van der Waals surface area contributed by atoms with E-state index in [0.29, 0.717) is 0 Å². The molecule has 0 saturated carbocycles. The Hall–Kier alpha value is -4.30. The predicted molar refractivity (Wildman–Crippen MR) is 134 cm³/mol. The van der Waals surface area contributed by atoms with E-state index in [-0.39, 0.29) is 0 Å². The summed E-state index contributed by atoms with van der Waals surface area (Å²) in [7, 11) is 0. The maximum atomic E-state index is 6.36. The van der Waals surface area contributed by atoms with Gasteiger partial charge in [-0.05, 0) is 51.2 Å². The first-order valence-corrected chi connectivity index (χ1v) is 10.9. The lowest BCUT2D eigenvalue weighted by atomic mass is 9.95. The molecule has 8 rings (SSSR count). The number of furan rings is 2. The van der Waals surface area contributed by atoms with Gasteiger partial charge >= 0.3 is 0 Å². The highest BCUT2D eigenvalue weighted by atomic mass is 16.3. The van der Waals surface area contributed by atoms with Gasteiger partial charge in [0.2, 0.25) is 0 Å².